The summed E-state index contributed by atoms with van der Waals surface area (Å²) in [6.45, 7) is 3.98. The smallest absolute Gasteiger partial charge is 0.338 e. The Morgan fingerprint density at radius 2 is 1.75 bits per heavy atom. The van der Waals surface area contributed by atoms with Crippen LogP contribution in [0.25, 0.3) is 0 Å². The van der Waals surface area contributed by atoms with Crippen LogP contribution in [0, 0.1) is 0 Å². The fourth-order valence-electron chi connectivity index (χ4n) is 1.33. The summed E-state index contributed by atoms with van der Waals surface area (Å²) in [5, 5.41) is 0. The van der Waals surface area contributed by atoms with E-state index in [2.05, 4.69) is 0 Å². The lowest BCUT2D eigenvalue weighted by atomic mass is 10.1. The van der Waals surface area contributed by atoms with Crippen LogP contribution in [0.15, 0.2) is 24.3 Å². The first-order valence-electron chi connectivity index (χ1n) is 5.45. The topological polar surface area (TPSA) is 43.4 Å². The van der Waals surface area contributed by atoms with E-state index in [4.69, 9.17) is 4.74 Å². The number of hydrogen-bond acceptors (Lipinski definition) is 3. The van der Waals surface area contributed by atoms with Gasteiger partial charge in [-0.1, -0.05) is 19.1 Å². The predicted molar refractivity (Wildman–Crippen MR) is 61.4 cm³/mol. The molecule has 0 bridgehead atoms. The number of rotatable bonds is 5. The van der Waals surface area contributed by atoms with Gasteiger partial charge in [0.2, 0.25) is 0 Å². The van der Waals surface area contributed by atoms with Crippen LogP contribution in [0.5, 0.6) is 0 Å². The first kappa shape index (κ1) is 12.4. The molecule has 0 fully saturated rings. The fourth-order valence-corrected chi connectivity index (χ4v) is 1.33. The van der Waals surface area contributed by atoms with Gasteiger partial charge in [-0.2, -0.15) is 0 Å². The molecule has 86 valence electrons. The molecule has 0 aliphatic heterocycles. The van der Waals surface area contributed by atoms with E-state index in [0.717, 1.165) is 5.56 Å². The normalized spacial score (nSPS) is 9.88. The minimum atomic E-state index is -0.323. The number of Topliss-reactive ketones (excluding diaryl/α,β-unsaturated/α-hetero) is 1. The highest BCUT2D eigenvalue weighted by molar-refractivity contribution is 5.89. The Kier molecular flexibility index (Phi) is 4.70. The Hall–Kier alpha value is -1.64. The lowest BCUT2D eigenvalue weighted by Gasteiger charge is -2.03. The van der Waals surface area contributed by atoms with E-state index in [1.165, 1.54) is 0 Å². The van der Waals surface area contributed by atoms with Crippen LogP contribution in [0.2, 0.25) is 0 Å². The highest BCUT2D eigenvalue weighted by Crippen LogP contribution is 2.07. The zero-order chi connectivity index (χ0) is 12.0. The second-order valence-corrected chi connectivity index (χ2v) is 3.49. The van der Waals surface area contributed by atoms with Gasteiger partial charge in [-0.25, -0.2) is 4.79 Å². The number of ketones is 1. The van der Waals surface area contributed by atoms with Gasteiger partial charge in [-0.3, -0.25) is 4.79 Å². The fraction of sp³-hybridized carbons (Fsp3) is 0.385. The summed E-state index contributed by atoms with van der Waals surface area (Å²) in [7, 11) is 0. The maximum absolute atomic E-state index is 11.3. The maximum Gasteiger partial charge on any atom is 0.338 e. The highest BCUT2D eigenvalue weighted by Gasteiger charge is 2.06. The molecule has 3 heteroatoms. The molecule has 0 radical (unpaired) electrons. The molecule has 0 aromatic heterocycles. The summed E-state index contributed by atoms with van der Waals surface area (Å²) in [5.41, 5.74) is 1.45. The minimum absolute atomic E-state index is 0.198. The van der Waals surface area contributed by atoms with E-state index in [1.54, 1.807) is 31.2 Å². The molecule has 0 N–H and O–H groups in total. The molecule has 16 heavy (non-hydrogen) atoms. The van der Waals surface area contributed by atoms with Crippen molar-refractivity contribution in [1.82, 2.24) is 0 Å². The molecule has 1 aromatic rings. The standard InChI is InChI=1S/C13H16O3/c1-3-12(14)9-10-5-7-11(8-6-10)13(15)16-4-2/h5-8H,3-4,9H2,1-2H3. The van der Waals surface area contributed by atoms with Gasteiger partial charge in [-0.15, -0.1) is 0 Å². The van der Waals surface area contributed by atoms with Crippen molar-refractivity contribution in [3.05, 3.63) is 35.4 Å². The third-order valence-corrected chi connectivity index (χ3v) is 2.26. The largest absolute Gasteiger partial charge is 0.462 e. The van der Waals surface area contributed by atoms with Crippen molar-refractivity contribution in [2.75, 3.05) is 6.61 Å². The van der Waals surface area contributed by atoms with Crippen molar-refractivity contribution < 1.29 is 14.3 Å². The molecule has 0 spiro atoms. The van der Waals surface area contributed by atoms with E-state index < -0.39 is 0 Å². The second-order valence-electron chi connectivity index (χ2n) is 3.49. The molecular formula is C13H16O3. The molecular weight excluding hydrogens is 204 g/mol. The number of esters is 1. The van der Waals surface area contributed by atoms with E-state index >= 15 is 0 Å². The molecule has 3 nitrogen and oxygen atoms in total. The Morgan fingerprint density at radius 1 is 1.12 bits per heavy atom. The van der Waals surface area contributed by atoms with Crippen LogP contribution in [0.4, 0.5) is 0 Å². The van der Waals surface area contributed by atoms with Crippen molar-refractivity contribution in [3.8, 4) is 0 Å². The van der Waals surface area contributed by atoms with Crippen LogP contribution in [0.3, 0.4) is 0 Å². The molecule has 1 rings (SSSR count). The van der Waals surface area contributed by atoms with Crippen LogP contribution in [0.1, 0.15) is 36.2 Å². The molecule has 0 amide bonds. The Labute approximate surface area is 95.4 Å². The molecule has 0 atom stereocenters. The Bertz CT molecular complexity index is 365. The van der Waals surface area contributed by atoms with Gasteiger partial charge in [0.15, 0.2) is 0 Å². The number of carbonyl (C=O) groups excluding carboxylic acids is 2. The highest BCUT2D eigenvalue weighted by atomic mass is 16.5. The van der Waals surface area contributed by atoms with Gasteiger partial charge >= 0.3 is 5.97 Å². The summed E-state index contributed by atoms with van der Waals surface area (Å²) >= 11 is 0. The monoisotopic (exact) mass is 220 g/mol. The SMILES string of the molecule is CCOC(=O)c1ccc(CC(=O)CC)cc1. The Morgan fingerprint density at radius 3 is 2.25 bits per heavy atom. The third kappa shape index (κ3) is 3.50. The summed E-state index contributed by atoms with van der Waals surface area (Å²) in [6.07, 6.45) is 0.971. The van der Waals surface area contributed by atoms with Gasteiger partial charge in [0.1, 0.15) is 5.78 Å². The molecule has 0 heterocycles. The number of ether oxygens (including phenoxy) is 1. The maximum atomic E-state index is 11.3. The summed E-state index contributed by atoms with van der Waals surface area (Å²) in [6, 6.07) is 6.96. The lowest BCUT2D eigenvalue weighted by molar-refractivity contribution is -0.118. The predicted octanol–water partition coefficient (Wildman–Crippen LogP) is 2.38. The summed E-state index contributed by atoms with van der Waals surface area (Å²) < 4.78 is 4.86. The molecule has 0 aliphatic carbocycles. The zero-order valence-corrected chi connectivity index (χ0v) is 9.66. The minimum Gasteiger partial charge on any atom is -0.462 e. The van der Waals surface area contributed by atoms with Crippen molar-refractivity contribution in [2.45, 2.75) is 26.7 Å². The first-order chi connectivity index (χ1) is 7.67. The van der Waals surface area contributed by atoms with Crippen LogP contribution in [-0.4, -0.2) is 18.4 Å². The van der Waals surface area contributed by atoms with Gasteiger partial charge < -0.3 is 4.74 Å². The van der Waals surface area contributed by atoms with Gasteiger partial charge in [0, 0.05) is 12.8 Å². The zero-order valence-electron chi connectivity index (χ0n) is 9.66. The van der Waals surface area contributed by atoms with E-state index in [1.807, 2.05) is 6.92 Å². The van der Waals surface area contributed by atoms with Crippen molar-refractivity contribution in [2.24, 2.45) is 0 Å². The molecule has 0 saturated carbocycles. The van der Waals surface area contributed by atoms with Crippen molar-refractivity contribution in [1.29, 1.82) is 0 Å². The van der Waals surface area contributed by atoms with Crippen LogP contribution >= 0.6 is 0 Å². The molecule has 0 aliphatic rings. The van der Waals surface area contributed by atoms with E-state index in [0.29, 0.717) is 25.0 Å². The quantitative estimate of drug-likeness (QED) is 0.715. The van der Waals surface area contributed by atoms with Crippen LogP contribution in [-0.2, 0) is 16.0 Å². The summed E-state index contributed by atoms with van der Waals surface area (Å²) in [4.78, 5) is 22.6. The third-order valence-electron chi connectivity index (χ3n) is 2.26. The average Bonchev–Trinajstić information content (AvgIpc) is 2.30. The van der Waals surface area contributed by atoms with Crippen molar-refractivity contribution in [3.63, 3.8) is 0 Å². The molecule has 0 unspecified atom stereocenters. The number of hydrogen-bond donors (Lipinski definition) is 0. The first-order valence-corrected chi connectivity index (χ1v) is 5.45. The number of benzene rings is 1. The molecule has 0 saturated heterocycles. The summed E-state index contributed by atoms with van der Waals surface area (Å²) in [5.74, 6) is -0.125. The van der Waals surface area contributed by atoms with Crippen LogP contribution < -0.4 is 0 Å². The lowest BCUT2D eigenvalue weighted by Crippen LogP contribution is -2.05. The Balaban J connectivity index is 2.67. The second kappa shape index (κ2) is 6.05. The van der Waals surface area contributed by atoms with Gasteiger partial charge in [0.05, 0.1) is 12.2 Å². The van der Waals surface area contributed by atoms with E-state index in [-0.39, 0.29) is 11.8 Å². The average molecular weight is 220 g/mol. The molecule has 1 aromatic carbocycles. The van der Waals surface area contributed by atoms with Gasteiger partial charge in [-0.05, 0) is 24.6 Å². The van der Waals surface area contributed by atoms with Crippen molar-refractivity contribution >= 4 is 11.8 Å². The number of carbonyl (C=O) groups is 2. The van der Waals surface area contributed by atoms with Gasteiger partial charge in [0.25, 0.3) is 0 Å². The van der Waals surface area contributed by atoms with E-state index in [9.17, 15) is 9.59 Å².